The molecule has 0 saturated carbocycles. The summed E-state index contributed by atoms with van der Waals surface area (Å²) in [5.74, 6) is 2.08. The van der Waals surface area contributed by atoms with Crippen LogP contribution in [0.5, 0.6) is 5.75 Å². The van der Waals surface area contributed by atoms with E-state index in [0.29, 0.717) is 23.5 Å². The van der Waals surface area contributed by atoms with Gasteiger partial charge >= 0.3 is 0 Å². The fourth-order valence-corrected chi connectivity index (χ4v) is 4.46. The van der Waals surface area contributed by atoms with Gasteiger partial charge in [-0.3, -0.25) is 4.79 Å². The second-order valence-corrected chi connectivity index (χ2v) is 8.72. The van der Waals surface area contributed by atoms with Gasteiger partial charge in [-0.15, -0.1) is 5.10 Å². The Morgan fingerprint density at radius 3 is 2.56 bits per heavy atom. The Hall–Kier alpha value is -2.09. The van der Waals surface area contributed by atoms with Crippen LogP contribution in [-0.2, 0) is 11.3 Å². The van der Waals surface area contributed by atoms with Crippen LogP contribution in [0.1, 0.15) is 32.8 Å². The van der Waals surface area contributed by atoms with Gasteiger partial charge < -0.3 is 9.64 Å². The van der Waals surface area contributed by atoms with Crippen molar-refractivity contribution in [3.8, 4) is 5.75 Å². The van der Waals surface area contributed by atoms with Gasteiger partial charge in [-0.1, -0.05) is 37.7 Å². The molecule has 2 aromatic rings. The molecule has 1 saturated heterocycles. The van der Waals surface area contributed by atoms with Crippen LogP contribution in [0, 0.1) is 11.8 Å². The Labute approximate surface area is 164 Å². The predicted octanol–water partition coefficient (Wildman–Crippen LogP) is 2.72. The van der Waals surface area contributed by atoms with Crippen molar-refractivity contribution in [1.29, 1.82) is 0 Å². The molecule has 1 aromatic carbocycles. The number of carbonyl (C=O) groups is 1. The number of tetrazole rings is 1. The van der Waals surface area contributed by atoms with Gasteiger partial charge in [0.1, 0.15) is 5.75 Å². The fraction of sp³-hybridized carbons (Fsp3) is 0.579. The zero-order valence-corrected chi connectivity index (χ0v) is 17.1. The third-order valence-corrected chi connectivity index (χ3v) is 5.86. The summed E-state index contributed by atoms with van der Waals surface area (Å²) in [5, 5.41) is 12.4. The van der Waals surface area contributed by atoms with E-state index in [1.54, 1.807) is 11.8 Å². The van der Waals surface area contributed by atoms with Crippen molar-refractivity contribution in [3.05, 3.63) is 29.8 Å². The van der Waals surface area contributed by atoms with Crippen LogP contribution in [0.25, 0.3) is 0 Å². The number of ether oxygens (including phenoxy) is 1. The quantitative estimate of drug-likeness (QED) is 0.708. The molecule has 0 bridgehead atoms. The molecule has 1 aliphatic heterocycles. The van der Waals surface area contributed by atoms with Crippen LogP contribution in [0.15, 0.2) is 29.4 Å². The van der Waals surface area contributed by atoms with E-state index in [2.05, 4.69) is 29.4 Å². The molecule has 0 spiro atoms. The number of hydrogen-bond acceptors (Lipinski definition) is 6. The molecule has 0 unspecified atom stereocenters. The summed E-state index contributed by atoms with van der Waals surface area (Å²) >= 11 is 1.42. The highest BCUT2D eigenvalue weighted by Crippen LogP contribution is 2.26. The zero-order valence-electron chi connectivity index (χ0n) is 16.3. The first-order valence-electron chi connectivity index (χ1n) is 9.30. The minimum Gasteiger partial charge on any atom is -0.497 e. The van der Waals surface area contributed by atoms with E-state index in [1.165, 1.54) is 18.2 Å². The molecule has 0 N–H and O–H groups in total. The lowest BCUT2D eigenvalue weighted by Gasteiger charge is -2.36. The maximum Gasteiger partial charge on any atom is 0.235 e. The monoisotopic (exact) mass is 389 g/mol. The molecule has 27 heavy (non-hydrogen) atoms. The average molecular weight is 390 g/mol. The van der Waals surface area contributed by atoms with Crippen molar-refractivity contribution in [2.24, 2.45) is 11.8 Å². The molecular formula is C19H27N5O2S. The Morgan fingerprint density at radius 1 is 1.26 bits per heavy atom. The molecule has 7 nitrogen and oxygen atoms in total. The summed E-state index contributed by atoms with van der Waals surface area (Å²) in [6.45, 7) is 8.59. The average Bonchev–Trinajstić information content (AvgIpc) is 3.07. The number of aromatic nitrogens is 4. The number of thioether (sulfide) groups is 1. The van der Waals surface area contributed by atoms with E-state index in [1.807, 2.05) is 36.1 Å². The minimum atomic E-state index is -0.219. The standard InChI is InChI=1S/C19H27N5O2S/c1-13-9-14(2)11-23(10-13)18(25)15(3)27-19-20-21-22-24(19)12-16-5-7-17(26-4)8-6-16/h5-8,13-15H,9-12H2,1-4H3/t13-,14+,15-/m0/s1. The molecule has 1 amide bonds. The fourth-order valence-electron chi connectivity index (χ4n) is 3.59. The first-order valence-corrected chi connectivity index (χ1v) is 10.2. The first-order chi connectivity index (χ1) is 13.0. The second kappa shape index (κ2) is 8.73. The Bertz CT molecular complexity index is 754. The van der Waals surface area contributed by atoms with Crippen molar-refractivity contribution in [2.45, 2.75) is 44.1 Å². The molecule has 2 heterocycles. The number of amides is 1. The van der Waals surface area contributed by atoms with Crippen molar-refractivity contribution in [2.75, 3.05) is 20.2 Å². The lowest BCUT2D eigenvalue weighted by atomic mass is 9.92. The number of methoxy groups -OCH3 is 1. The largest absolute Gasteiger partial charge is 0.497 e. The summed E-state index contributed by atoms with van der Waals surface area (Å²) in [5.41, 5.74) is 1.07. The van der Waals surface area contributed by atoms with E-state index < -0.39 is 0 Å². The third kappa shape index (κ3) is 5.00. The number of likely N-dealkylation sites (tertiary alicyclic amines) is 1. The predicted molar refractivity (Wildman–Crippen MR) is 105 cm³/mol. The molecule has 3 rings (SSSR count). The van der Waals surface area contributed by atoms with E-state index in [0.717, 1.165) is 24.4 Å². The van der Waals surface area contributed by atoms with Gasteiger partial charge in [0, 0.05) is 13.1 Å². The Kier molecular flexibility index (Phi) is 6.36. The van der Waals surface area contributed by atoms with Crippen molar-refractivity contribution < 1.29 is 9.53 Å². The van der Waals surface area contributed by atoms with Crippen LogP contribution in [0.4, 0.5) is 0 Å². The summed E-state index contributed by atoms with van der Waals surface area (Å²) in [6, 6.07) is 7.80. The van der Waals surface area contributed by atoms with Gasteiger partial charge in [-0.25, -0.2) is 4.68 Å². The van der Waals surface area contributed by atoms with E-state index >= 15 is 0 Å². The smallest absolute Gasteiger partial charge is 0.235 e. The van der Waals surface area contributed by atoms with Gasteiger partial charge in [0.15, 0.2) is 0 Å². The van der Waals surface area contributed by atoms with E-state index in [4.69, 9.17) is 4.74 Å². The molecule has 0 radical (unpaired) electrons. The van der Waals surface area contributed by atoms with Gasteiger partial charge in [0.25, 0.3) is 0 Å². The van der Waals surface area contributed by atoms with E-state index in [-0.39, 0.29) is 11.2 Å². The summed E-state index contributed by atoms with van der Waals surface area (Å²) in [4.78, 5) is 14.9. The number of nitrogens with zero attached hydrogens (tertiary/aromatic N) is 5. The van der Waals surface area contributed by atoms with E-state index in [9.17, 15) is 4.79 Å². The molecule has 1 aliphatic rings. The maximum atomic E-state index is 12.9. The van der Waals surface area contributed by atoms with Gasteiger partial charge in [-0.05, 0) is 53.3 Å². The lowest BCUT2D eigenvalue weighted by molar-refractivity contribution is -0.132. The molecule has 146 valence electrons. The highest BCUT2D eigenvalue weighted by Gasteiger charge is 2.29. The Balaban J connectivity index is 1.63. The van der Waals surface area contributed by atoms with Gasteiger partial charge in [0.2, 0.25) is 11.1 Å². The molecular weight excluding hydrogens is 362 g/mol. The lowest BCUT2D eigenvalue weighted by Crippen LogP contribution is -2.45. The SMILES string of the molecule is COc1ccc(Cn2nnnc2S[C@@H](C)C(=O)N2C[C@H](C)C[C@H](C)C2)cc1. The third-order valence-electron chi connectivity index (χ3n) is 4.80. The normalized spacial score (nSPS) is 21.1. The molecule has 8 heteroatoms. The van der Waals surface area contributed by atoms with Crippen LogP contribution < -0.4 is 4.74 Å². The summed E-state index contributed by atoms with van der Waals surface area (Å²) < 4.78 is 6.92. The molecule has 0 aliphatic carbocycles. The first kappa shape index (κ1) is 19.7. The Morgan fingerprint density at radius 2 is 1.93 bits per heavy atom. The highest BCUT2D eigenvalue weighted by atomic mass is 32.2. The molecule has 3 atom stereocenters. The highest BCUT2D eigenvalue weighted by molar-refractivity contribution is 8.00. The number of piperidine rings is 1. The minimum absolute atomic E-state index is 0.164. The molecule has 1 aromatic heterocycles. The summed E-state index contributed by atoms with van der Waals surface area (Å²) in [7, 11) is 1.65. The zero-order chi connectivity index (χ0) is 19.4. The van der Waals surface area contributed by atoms with Crippen molar-refractivity contribution >= 4 is 17.7 Å². The van der Waals surface area contributed by atoms with Crippen molar-refractivity contribution in [1.82, 2.24) is 25.1 Å². The van der Waals surface area contributed by atoms with Gasteiger partial charge in [-0.2, -0.15) is 0 Å². The topological polar surface area (TPSA) is 73.1 Å². The van der Waals surface area contributed by atoms with Crippen molar-refractivity contribution in [3.63, 3.8) is 0 Å². The number of hydrogen-bond donors (Lipinski definition) is 0. The van der Waals surface area contributed by atoms with Crippen LogP contribution in [0.3, 0.4) is 0 Å². The van der Waals surface area contributed by atoms with Crippen LogP contribution >= 0.6 is 11.8 Å². The number of benzene rings is 1. The number of rotatable bonds is 6. The molecule has 1 fully saturated rings. The maximum absolute atomic E-state index is 12.9. The second-order valence-electron chi connectivity index (χ2n) is 7.42. The van der Waals surface area contributed by atoms with Gasteiger partial charge in [0.05, 0.1) is 18.9 Å². The summed E-state index contributed by atoms with van der Waals surface area (Å²) in [6.07, 6.45) is 1.19. The van der Waals surface area contributed by atoms with Crippen LogP contribution in [-0.4, -0.2) is 56.5 Å². The van der Waals surface area contributed by atoms with Crippen LogP contribution in [0.2, 0.25) is 0 Å². The number of carbonyl (C=O) groups excluding carboxylic acids is 1.